The fourth-order valence-electron chi connectivity index (χ4n) is 2.42. The van der Waals surface area contributed by atoms with Crippen molar-refractivity contribution in [2.75, 3.05) is 7.11 Å². The van der Waals surface area contributed by atoms with Crippen molar-refractivity contribution >= 4 is 11.6 Å². The molecule has 0 heterocycles. The quantitative estimate of drug-likeness (QED) is 0.655. The fourth-order valence-corrected chi connectivity index (χ4v) is 2.60. The largest absolute Gasteiger partial charge is 0.496 e. The first-order chi connectivity index (χ1) is 9.71. The lowest BCUT2D eigenvalue weighted by molar-refractivity contribution is 0.404. The van der Waals surface area contributed by atoms with Crippen LogP contribution in [0.2, 0.25) is 5.02 Å². The Morgan fingerprint density at radius 1 is 1.20 bits per heavy atom. The molecular weight excluding hydrogens is 272 g/mol. The number of rotatable bonds is 5. The molecule has 0 spiro atoms. The molecule has 0 amide bonds. The zero-order valence-corrected chi connectivity index (χ0v) is 12.4. The minimum Gasteiger partial charge on any atom is -0.496 e. The summed E-state index contributed by atoms with van der Waals surface area (Å²) in [6.45, 7) is 2.13. The first kappa shape index (κ1) is 14.9. The van der Waals surface area contributed by atoms with Crippen LogP contribution in [0.1, 0.15) is 29.7 Å². The highest BCUT2D eigenvalue weighted by Gasteiger charge is 2.19. The number of methoxy groups -OCH3 is 1. The lowest BCUT2D eigenvalue weighted by Crippen LogP contribution is -2.30. The van der Waals surface area contributed by atoms with E-state index in [4.69, 9.17) is 22.2 Å². The van der Waals surface area contributed by atoms with Crippen LogP contribution in [0.5, 0.6) is 5.75 Å². The van der Waals surface area contributed by atoms with Crippen molar-refractivity contribution in [3.63, 3.8) is 0 Å². The second kappa shape index (κ2) is 6.75. The summed E-state index contributed by atoms with van der Waals surface area (Å²) in [7, 11) is 1.64. The normalized spacial score (nSPS) is 12.2. The van der Waals surface area contributed by atoms with E-state index in [2.05, 4.69) is 24.5 Å². The van der Waals surface area contributed by atoms with E-state index in [-0.39, 0.29) is 6.04 Å². The highest BCUT2D eigenvalue weighted by Crippen LogP contribution is 2.33. The number of halogens is 1. The maximum Gasteiger partial charge on any atom is 0.124 e. The monoisotopic (exact) mass is 290 g/mol. The number of aryl methyl sites for hydroxylation is 1. The van der Waals surface area contributed by atoms with Crippen molar-refractivity contribution < 1.29 is 4.74 Å². The molecule has 106 valence electrons. The Hall–Kier alpha value is -1.55. The van der Waals surface area contributed by atoms with Gasteiger partial charge in [-0.05, 0) is 35.7 Å². The van der Waals surface area contributed by atoms with Crippen LogP contribution in [-0.4, -0.2) is 7.11 Å². The molecule has 0 aliphatic carbocycles. The van der Waals surface area contributed by atoms with Gasteiger partial charge in [-0.1, -0.05) is 42.8 Å². The summed E-state index contributed by atoms with van der Waals surface area (Å²) in [6.07, 6.45) is 0.942. The lowest BCUT2D eigenvalue weighted by atomic mass is 9.93. The van der Waals surface area contributed by atoms with Gasteiger partial charge in [0.25, 0.3) is 0 Å². The number of ether oxygens (including phenoxy) is 1. The van der Waals surface area contributed by atoms with Crippen LogP contribution in [0.25, 0.3) is 0 Å². The zero-order valence-electron chi connectivity index (χ0n) is 11.7. The van der Waals surface area contributed by atoms with Crippen LogP contribution < -0.4 is 16.0 Å². The van der Waals surface area contributed by atoms with Gasteiger partial charge < -0.3 is 4.74 Å². The highest BCUT2D eigenvalue weighted by atomic mass is 35.5. The van der Waals surface area contributed by atoms with E-state index in [1.165, 1.54) is 5.56 Å². The van der Waals surface area contributed by atoms with Crippen LogP contribution in [0.4, 0.5) is 0 Å². The average molecular weight is 291 g/mol. The summed E-state index contributed by atoms with van der Waals surface area (Å²) in [4.78, 5) is 0. The Morgan fingerprint density at radius 3 is 2.60 bits per heavy atom. The molecule has 0 radical (unpaired) electrons. The summed E-state index contributed by atoms with van der Waals surface area (Å²) >= 11 is 6.11. The van der Waals surface area contributed by atoms with Gasteiger partial charge in [-0.15, -0.1) is 0 Å². The van der Waals surface area contributed by atoms with E-state index < -0.39 is 0 Å². The minimum atomic E-state index is -0.153. The molecule has 2 aromatic carbocycles. The predicted molar refractivity (Wildman–Crippen MR) is 83.0 cm³/mol. The standard InChI is InChI=1S/C16H19ClN2O/c1-3-11-6-4-5-7-13(11)16(19-18)14-10-12(17)8-9-15(14)20-2/h4-10,16,19H,3,18H2,1-2H3. The van der Waals surface area contributed by atoms with Gasteiger partial charge in [0.1, 0.15) is 5.75 Å². The third-order valence-corrected chi connectivity index (χ3v) is 3.65. The average Bonchev–Trinajstić information content (AvgIpc) is 2.49. The van der Waals surface area contributed by atoms with Crippen molar-refractivity contribution in [2.45, 2.75) is 19.4 Å². The molecule has 2 aromatic rings. The van der Waals surface area contributed by atoms with Gasteiger partial charge in [-0.3, -0.25) is 5.84 Å². The second-order valence-corrected chi connectivity index (χ2v) is 4.97. The summed E-state index contributed by atoms with van der Waals surface area (Å²) in [5.41, 5.74) is 6.19. The molecule has 2 rings (SSSR count). The summed E-state index contributed by atoms with van der Waals surface area (Å²) in [5.74, 6) is 6.55. The topological polar surface area (TPSA) is 47.3 Å². The Kier molecular flexibility index (Phi) is 5.01. The van der Waals surface area contributed by atoms with E-state index in [1.54, 1.807) is 7.11 Å². The highest BCUT2D eigenvalue weighted by molar-refractivity contribution is 6.30. The van der Waals surface area contributed by atoms with Gasteiger partial charge in [0, 0.05) is 10.6 Å². The van der Waals surface area contributed by atoms with Gasteiger partial charge in [0.2, 0.25) is 0 Å². The summed E-state index contributed by atoms with van der Waals surface area (Å²) in [6, 6.07) is 13.6. The third-order valence-electron chi connectivity index (χ3n) is 3.42. The first-order valence-corrected chi connectivity index (χ1v) is 6.96. The molecule has 0 saturated heterocycles. The molecular formula is C16H19ClN2O. The van der Waals surface area contributed by atoms with Crippen molar-refractivity contribution in [1.82, 2.24) is 5.43 Å². The van der Waals surface area contributed by atoms with E-state index in [0.29, 0.717) is 5.02 Å². The van der Waals surface area contributed by atoms with E-state index in [0.717, 1.165) is 23.3 Å². The fraction of sp³-hybridized carbons (Fsp3) is 0.250. The number of hydrogen-bond acceptors (Lipinski definition) is 3. The Morgan fingerprint density at radius 2 is 1.95 bits per heavy atom. The van der Waals surface area contributed by atoms with Crippen LogP contribution in [0.3, 0.4) is 0 Å². The number of hydrazine groups is 1. The van der Waals surface area contributed by atoms with Gasteiger partial charge in [-0.2, -0.15) is 0 Å². The molecule has 0 saturated carbocycles. The second-order valence-electron chi connectivity index (χ2n) is 4.54. The third kappa shape index (κ3) is 2.96. The van der Waals surface area contributed by atoms with E-state index in [9.17, 15) is 0 Å². The molecule has 1 unspecified atom stereocenters. The predicted octanol–water partition coefficient (Wildman–Crippen LogP) is 3.46. The number of nitrogens with two attached hydrogens (primary N) is 1. The van der Waals surface area contributed by atoms with Crippen molar-refractivity contribution in [1.29, 1.82) is 0 Å². The Balaban J connectivity index is 2.55. The number of nitrogens with one attached hydrogen (secondary N) is 1. The maximum absolute atomic E-state index is 6.11. The molecule has 0 aliphatic heterocycles. The van der Waals surface area contributed by atoms with Crippen LogP contribution in [-0.2, 0) is 6.42 Å². The van der Waals surface area contributed by atoms with Crippen molar-refractivity contribution in [3.8, 4) is 5.75 Å². The van der Waals surface area contributed by atoms with Crippen LogP contribution in [0, 0.1) is 0 Å². The van der Waals surface area contributed by atoms with E-state index >= 15 is 0 Å². The molecule has 4 heteroatoms. The van der Waals surface area contributed by atoms with Gasteiger partial charge >= 0.3 is 0 Å². The summed E-state index contributed by atoms with van der Waals surface area (Å²) in [5, 5.41) is 0.662. The zero-order chi connectivity index (χ0) is 14.5. The Labute approximate surface area is 124 Å². The Bertz CT molecular complexity index is 586. The molecule has 1 atom stereocenters. The first-order valence-electron chi connectivity index (χ1n) is 6.58. The number of hydrogen-bond donors (Lipinski definition) is 2. The molecule has 0 fully saturated rings. The van der Waals surface area contributed by atoms with Gasteiger partial charge in [-0.25, -0.2) is 5.43 Å². The maximum atomic E-state index is 6.11. The number of benzene rings is 2. The van der Waals surface area contributed by atoms with E-state index in [1.807, 2.05) is 30.3 Å². The van der Waals surface area contributed by atoms with Gasteiger partial charge in [0.05, 0.1) is 13.2 Å². The van der Waals surface area contributed by atoms with Crippen LogP contribution >= 0.6 is 11.6 Å². The molecule has 3 nitrogen and oxygen atoms in total. The smallest absolute Gasteiger partial charge is 0.124 e. The van der Waals surface area contributed by atoms with Gasteiger partial charge in [0.15, 0.2) is 0 Å². The molecule has 0 aliphatic rings. The molecule has 0 aromatic heterocycles. The lowest BCUT2D eigenvalue weighted by Gasteiger charge is -2.22. The SMILES string of the molecule is CCc1ccccc1C(NN)c1cc(Cl)ccc1OC. The van der Waals surface area contributed by atoms with Crippen molar-refractivity contribution in [2.24, 2.45) is 5.84 Å². The van der Waals surface area contributed by atoms with Crippen molar-refractivity contribution in [3.05, 3.63) is 64.2 Å². The summed E-state index contributed by atoms with van der Waals surface area (Å²) < 4.78 is 5.42. The molecule has 20 heavy (non-hydrogen) atoms. The van der Waals surface area contributed by atoms with Crippen LogP contribution in [0.15, 0.2) is 42.5 Å². The molecule has 0 bridgehead atoms. The molecule has 3 N–H and O–H groups in total. The minimum absolute atomic E-state index is 0.153.